The second-order valence-electron chi connectivity index (χ2n) is 5.24. The van der Waals surface area contributed by atoms with E-state index in [0.717, 1.165) is 18.6 Å². The Morgan fingerprint density at radius 2 is 1.74 bits per heavy atom. The summed E-state index contributed by atoms with van der Waals surface area (Å²) in [7, 11) is -3.28. The maximum Gasteiger partial charge on any atom is 0.235 e. The first-order chi connectivity index (χ1) is 8.97. The predicted molar refractivity (Wildman–Crippen MR) is 77.0 cm³/mol. The third kappa shape index (κ3) is 3.86. The second kappa shape index (κ2) is 5.82. The second-order valence-corrected chi connectivity index (χ2v) is 7.48. The van der Waals surface area contributed by atoms with Gasteiger partial charge in [-0.05, 0) is 63.8 Å². The van der Waals surface area contributed by atoms with Gasteiger partial charge in [0, 0.05) is 5.69 Å². The first-order valence-electron chi connectivity index (χ1n) is 6.76. The van der Waals surface area contributed by atoms with E-state index in [1.165, 1.54) is 12.8 Å². The number of ether oxygens (including phenoxy) is 1. The molecule has 0 amide bonds. The Morgan fingerprint density at radius 3 is 2.26 bits per heavy atom. The summed E-state index contributed by atoms with van der Waals surface area (Å²) in [5.74, 6) is 0.805. The monoisotopic (exact) mass is 283 g/mol. The van der Waals surface area contributed by atoms with Crippen molar-refractivity contribution in [2.45, 2.75) is 50.9 Å². The van der Waals surface area contributed by atoms with Crippen molar-refractivity contribution in [3.63, 3.8) is 0 Å². The highest BCUT2D eigenvalue weighted by atomic mass is 32.2. The van der Waals surface area contributed by atoms with Crippen molar-refractivity contribution in [2.24, 2.45) is 0 Å². The van der Waals surface area contributed by atoms with Gasteiger partial charge in [-0.15, -0.1) is 0 Å². The molecule has 1 aromatic carbocycles. The molecule has 2 rings (SSSR count). The molecule has 1 aliphatic carbocycles. The van der Waals surface area contributed by atoms with E-state index in [1.807, 2.05) is 12.1 Å². The van der Waals surface area contributed by atoms with Gasteiger partial charge in [0.2, 0.25) is 10.0 Å². The van der Waals surface area contributed by atoms with Crippen LogP contribution in [0.1, 0.15) is 39.5 Å². The van der Waals surface area contributed by atoms with Gasteiger partial charge in [-0.1, -0.05) is 0 Å². The minimum Gasteiger partial charge on any atom is -0.490 e. The van der Waals surface area contributed by atoms with E-state index in [4.69, 9.17) is 4.74 Å². The fraction of sp³-hybridized carbons (Fsp3) is 0.571. The van der Waals surface area contributed by atoms with Gasteiger partial charge in [0.25, 0.3) is 0 Å². The zero-order chi connectivity index (χ0) is 13.9. The summed E-state index contributed by atoms with van der Waals surface area (Å²) in [5, 5.41) is -0.443. The van der Waals surface area contributed by atoms with Crippen LogP contribution in [0, 0.1) is 0 Å². The molecule has 1 N–H and O–H groups in total. The van der Waals surface area contributed by atoms with Crippen LogP contribution in [0.15, 0.2) is 24.3 Å². The average Bonchev–Trinajstić information content (AvgIpc) is 2.84. The summed E-state index contributed by atoms with van der Waals surface area (Å²) < 4.78 is 31.8. The SMILES string of the molecule is CC(C)S(=O)(=O)Nc1ccc(OC2CCCC2)cc1. The van der Waals surface area contributed by atoms with E-state index < -0.39 is 15.3 Å². The molecule has 1 saturated carbocycles. The highest BCUT2D eigenvalue weighted by Crippen LogP contribution is 2.25. The fourth-order valence-corrected chi connectivity index (χ4v) is 2.78. The van der Waals surface area contributed by atoms with E-state index in [9.17, 15) is 8.42 Å². The average molecular weight is 283 g/mol. The summed E-state index contributed by atoms with van der Waals surface area (Å²) in [6.45, 7) is 3.31. The van der Waals surface area contributed by atoms with E-state index >= 15 is 0 Å². The Bertz CT molecular complexity index is 502. The molecule has 4 nitrogen and oxygen atoms in total. The Labute approximate surface area is 115 Å². The van der Waals surface area contributed by atoms with Crippen molar-refractivity contribution in [3.05, 3.63) is 24.3 Å². The molecule has 0 aromatic heterocycles. The van der Waals surface area contributed by atoms with Crippen LogP contribution in [-0.4, -0.2) is 19.8 Å². The zero-order valence-electron chi connectivity index (χ0n) is 11.4. The van der Waals surface area contributed by atoms with Crippen molar-refractivity contribution < 1.29 is 13.2 Å². The molecule has 0 radical (unpaired) electrons. The van der Waals surface area contributed by atoms with Crippen LogP contribution < -0.4 is 9.46 Å². The van der Waals surface area contributed by atoms with Gasteiger partial charge in [-0.25, -0.2) is 8.42 Å². The van der Waals surface area contributed by atoms with Gasteiger partial charge < -0.3 is 4.74 Å². The number of benzene rings is 1. The number of nitrogens with one attached hydrogen (secondary N) is 1. The lowest BCUT2D eigenvalue weighted by Gasteiger charge is -2.14. The molecule has 0 bridgehead atoms. The van der Waals surface area contributed by atoms with Crippen molar-refractivity contribution in [1.29, 1.82) is 0 Å². The van der Waals surface area contributed by atoms with Gasteiger partial charge in [-0.3, -0.25) is 4.72 Å². The third-order valence-electron chi connectivity index (χ3n) is 3.34. The Morgan fingerprint density at radius 1 is 1.16 bits per heavy atom. The first kappa shape index (κ1) is 14.2. The Hall–Kier alpha value is -1.23. The van der Waals surface area contributed by atoms with Crippen LogP contribution >= 0.6 is 0 Å². The third-order valence-corrected chi connectivity index (χ3v) is 5.10. The van der Waals surface area contributed by atoms with Crippen molar-refractivity contribution in [3.8, 4) is 5.75 Å². The minimum atomic E-state index is -3.28. The summed E-state index contributed by atoms with van der Waals surface area (Å²) in [4.78, 5) is 0. The predicted octanol–water partition coefficient (Wildman–Crippen LogP) is 3.16. The van der Waals surface area contributed by atoms with Crippen molar-refractivity contribution >= 4 is 15.7 Å². The highest BCUT2D eigenvalue weighted by molar-refractivity contribution is 7.93. The Kier molecular flexibility index (Phi) is 4.34. The molecular formula is C14H21NO3S. The smallest absolute Gasteiger partial charge is 0.235 e. The molecule has 19 heavy (non-hydrogen) atoms. The summed E-state index contributed by atoms with van der Waals surface area (Å²) in [5.41, 5.74) is 0.576. The first-order valence-corrected chi connectivity index (χ1v) is 8.30. The summed E-state index contributed by atoms with van der Waals surface area (Å²) in [6, 6.07) is 7.11. The molecule has 0 spiro atoms. The molecule has 1 fully saturated rings. The maximum atomic E-state index is 11.7. The standard InChI is InChI=1S/C14H21NO3S/c1-11(2)19(16,17)15-12-7-9-14(10-8-12)18-13-5-3-4-6-13/h7-11,13,15H,3-6H2,1-2H3. The van der Waals surface area contributed by atoms with Crippen molar-refractivity contribution in [1.82, 2.24) is 0 Å². The molecule has 0 unspecified atom stereocenters. The van der Waals surface area contributed by atoms with E-state index in [1.54, 1.807) is 26.0 Å². The van der Waals surface area contributed by atoms with Crippen LogP contribution in [0.25, 0.3) is 0 Å². The summed E-state index contributed by atoms with van der Waals surface area (Å²) >= 11 is 0. The molecule has 1 aromatic rings. The van der Waals surface area contributed by atoms with Gasteiger partial charge in [0.1, 0.15) is 5.75 Å². The van der Waals surface area contributed by atoms with E-state index in [2.05, 4.69) is 4.72 Å². The lowest BCUT2D eigenvalue weighted by Crippen LogP contribution is -2.22. The van der Waals surface area contributed by atoms with Gasteiger partial charge in [0.05, 0.1) is 11.4 Å². The maximum absolute atomic E-state index is 11.7. The Balaban J connectivity index is 1.98. The normalized spacial score (nSPS) is 16.8. The summed E-state index contributed by atoms with van der Waals surface area (Å²) in [6.07, 6.45) is 5.01. The minimum absolute atomic E-state index is 0.318. The quantitative estimate of drug-likeness (QED) is 0.903. The lowest BCUT2D eigenvalue weighted by atomic mass is 10.3. The van der Waals surface area contributed by atoms with Crippen LogP contribution in [0.2, 0.25) is 0 Å². The van der Waals surface area contributed by atoms with E-state index in [0.29, 0.717) is 11.8 Å². The van der Waals surface area contributed by atoms with Crippen molar-refractivity contribution in [2.75, 3.05) is 4.72 Å². The number of anilines is 1. The topological polar surface area (TPSA) is 55.4 Å². The number of hydrogen-bond acceptors (Lipinski definition) is 3. The molecular weight excluding hydrogens is 262 g/mol. The highest BCUT2D eigenvalue weighted by Gasteiger charge is 2.17. The molecule has 5 heteroatoms. The molecule has 1 aliphatic rings. The molecule has 0 heterocycles. The van der Waals surface area contributed by atoms with Crippen LogP contribution in [-0.2, 0) is 10.0 Å². The van der Waals surface area contributed by atoms with E-state index in [-0.39, 0.29) is 0 Å². The number of rotatable bonds is 5. The van der Waals surface area contributed by atoms with Crippen LogP contribution in [0.4, 0.5) is 5.69 Å². The molecule has 106 valence electrons. The lowest BCUT2D eigenvalue weighted by molar-refractivity contribution is 0.210. The number of sulfonamides is 1. The molecule has 0 saturated heterocycles. The van der Waals surface area contributed by atoms with Gasteiger partial charge in [-0.2, -0.15) is 0 Å². The largest absolute Gasteiger partial charge is 0.490 e. The number of hydrogen-bond donors (Lipinski definition) is 1. The van der Waals surface area contributed by atoms with Crippen LogP contribution in [0.5, 0.6) is 5.75 Å². The fourth-order valence-electron chi connectivity index (χ4n) is 2.08. The van der Waals surface area contributed by atoms with Crippen LogP contribution in [0.3, 0.4) is 0 Å². The zero-order valence-corrected chi connectivity index (χ0v) is 12.2. The van der Waals surface area contributed by atoms with Gasteiger partial charge >= 0.3 is 0 Å². The molecule has 0 aliphatic heterocycles. The van der Waals surface area contributed by atoms with Gasteiger partial charge in [0.15, 0.2) is 0 Å². The molecule has 0 atom stereocenters.